The summed E-state index contributed by atoms with van der Waals surface area (Å²) < 4.78 is 18.3. The second-order valence-electron chi connectivity index (χ2n) is 5.62. The summed E-state index contributed by atoms with van der Waals surface area (Å²) in [6.45, 7) is 0.206. The third-order valence-corrected chi connectivity index (χ3v) is 4.47. The van der Waals surface area contributed by atoms with Gasteiger partial charge in [0.15, 0.2) is 17.4 Å². The Balaban J connectivity index is 1.84. The molecule has 2 aromatic heterocycles. The minimum Gasteiger partial charge on any atom is -0.479 e. The zero-order chi connectivity index (χ0) is 16.2. The number of nitrogens with zero attached hydrogens (tertiary/aromatic N) is 4. The third kappa shape index (κ3) is 1.86. The maximum Gasteiger partial charge on any atom is 0.246 e. The van der Waals surface area contributed by atoms with Gasteiger partial charge in [-0.05, 0) is 0 Å². The van der Waals surface area contributed by atoms with Gasteiger partial charge < -0.3 is 30.2 Å². The molecule has 4 rings (SSSR count). The Kier molecular flexibility index (Phi) is 3.17. The number of hydrogen-bond acceptors (Lipinski definition) is 9. The number of aliphatic hydroxyl groups is 2. The zero-order valence-corrected chi connectivity index (χ0v) is 12.4. The number of fused-ring (bicyclic) bond motifs is 1. The van der Waals surface area contributed by atoms with Crippen LogP contribution in [0.25, 0.3) is 11.2 Å². The average molecular weight is 323 g/mol. The smallest absolute Gasteiger partial charge is 0.246 e. The highest BCUT2D eigenvalue weighted by Gasteiger charge is 2.61. The van der Waals surface area contributed by atoms with E-state index in [2.05, 4.69) is 15.0 Å². The summed E-state index contributed by atoms with van der Waals surface area (Å²) in [4.78, 5) is 12.4. The zero-order valence-electron chi connectivity index (χ0n) is 12.4. The molecule has 2 aliphatic rings. The molecule has 0 saturated carbocycles. The Labute approximate surface area is 130 Å². The van der Waals surface area contributed by atoms with Gasteiger partial charge in [-0.3, -0.25) is 4.57 Å². The fraction of sp³-hybridized carbons (Fsp3) is 0.615. The van der Waals surface area contributed by atoms with E-state index in [4.69, 9.17) is 19.9 Å². The van der Waals surface area contributed by atoms with E-state index in [9.17, 15) is 10.2 Å². The van der Waals surface area contributed by atoms with Gasteiger partial charge in [0.2, 0.25) is 11.8 Å². The van der Waals surface area contributed by atoms with Gasteiger partial charge in [0.25, 0.3) is 0 Å². The van der Waals surface area contributed by atoms with E-state index >= 15 is 0 Å². The van der Waals surface area contributed by atoms with Gasteiger partial charge in [0.1, 0.15) is 17.8 Å². The molecule has 0 amide bonds. The number of rotatable bonds is 3. The predicted octanol–water partition coefficient (Wildman–Crippen LogP) is -1.17. The standard InChI is InChI=1S/C13H17N5O5/c1-21-10-7-9(16-12(14)17-10)18(5-15-7)11-13(2-3-22-13)8(20)6(4-19)23-11/h5-6,8,11,19-20H,2-4H2,1H3,(H2,14,16,17)/t6?,8-,11-,13+/m1/s1. The molecular weight excluding hydrogens is 306 g/mol. The van der Waals surface area contributed by atoms with Gasteiger partial charge in [-0.1, -0.05) is 0 Å². The van der Waals surface area contributed by atoms with Crippen molar-refractivity contribution in [2.45, 2.75) is 30.5 Å². The summed E-state index contributed by atoms with van der Waals surface area (Å²) in [5.74, 6) is 0.295. The lowest BCUT2D eigenvalue weighted by Crippen LogP contribution is -2.56. The molecule has 10 heteroatoms. The van der Waals surface area contributed by atoms with Crippen LogP contribution in [-0.2, 0) is 9.47 Å². The molecule has 1 spiro atoms. The van der Waals surface area contributed by atoms with E-state index in [1.807, 2.05) is 0 Å². The molecule has 2 saturated heterocycles. The summed E-state index contributed by atoms with van der Waals surface area (Å²) in [7, 11) is 1.47. The van der Waals surface area contributed by atoms with Gasteiger partial charge in [-0.25, -0.2) is 4.98 Å². The Hall–Kier alpha value is -2.01. The SMILES string of the molecule is COc1nc(N)nc2c1ncn2[C@@H]1OC(CO)[C@@H](O)[C@@]12CCO2. The van der Waals surface area contributed by atoms with Gasteiger partial charge in [-0.2, -0.15) is 9.97 Å². The first-order chi connectivity index (χ1) is 11.1. The van der Waals surface area contributed by atoms with Gasteiger partial charge in [0.05, 0.1) is 26.7 Å². The number of hydrogen-bond donors (Lipinski definition) is 3. The van der Waals surface area contributed by atoms with E-state index in [0.717, 1.165) is 0 Å². The summed E-state index contributed by atoms with van der Waals surface area (Å²) in [5.41, 5.74) is 5.64. The minimum atomic E-state index is -0.940. The monoisotopic (exact) mass is 323 g/mol. The molecule has 2 fully saturated rings. The highest BCUT2D eigenvalue weighted by Crippen LogP contribution is 2.49. The van der Waals surface area contributed by atoms with Crippen molar-refractivity contribution in [3.8, 4) is 5.88 Å². The normalized spacial score (nSPS) is 33.3. The van der Waals surface area contributed by atoms with Crippen LogP contribution in [0.5, 0.6) is 5.88 Å². The van der Waals surface area contributed by atoms with Crippen LogP contribution >= 0.6 is 0 Å². The van der Waals surface area contributed by atoms with E-state index < -0.39 is 24.0 Å². The Morgan fingerprint density at radius 3 is 2.91 bits per heavy atom. The van der Waals surface area contributed by atoms with Crippen LogP contribution in [0.2, 0.25) is 0 Å². The number of nitrogen functional groups attached to an aromatic ring is 1. The number of nitrogens with two attached hydrogens (primary N) is 1. The fourth-order valence-corrected chi connectivity index (χ4v) is 3.25. The van der Waals surface area contributed by atoms with Crippen molar-refractivity contribution in [2.24, 2.45) is 0 Å². The van der Waals surface area contributed by atoms with E-state index in [0.29, 0.717) is 24.2 Å². The van der Waals surface area contributed by atoms with E-state index in [1.54, 1.807) is 4.57 Å². The number of aromatic nitrogens is 4. The maximum absolute atomic E-state index is 10.4. The molecule has 2 aliphatic heterocycles. The van der Waals surface area contributed by atoms with Crippen LogP contribution in [0.1, 0.15) is 12.6 Å². The lowest BCUT2D eigenvalue weighted by molar-refractivity contribution is -0.225. The number of imidazole rings is 1. The highest BCUT2D eigenvalue weighted by molar-refractivity contribution is 5.77. The van der Waals surface area contributed by atoms with E-state index in [-0.39, 0.29) is 18.4 Å². The molecule has 0 aliphatic carbocycles. The molecule has 10 nitrogen and oxygen atoms in total. The van der Waals surface area contributed by atoms with Gasteiger partial charge >= 0.3 is 0 Å². The second-order valence-corrected chi connectivity index (χ2v) is 5.62. The Morgan fingerprint density at radius 2 is 2.30 bits per heavy atom. The molecule has 124 valence electrons. The molecule has 4 heterocycles. The lowest BCUT2D eigenvalue weighted by Gasteiger charge is -2.44. The van der Waals surface area contributed by atoms with Crippen molar-refractivity contribution in [1.29, 1.82) is 0 Å². The minimum absolute atomic E-state index is 0.0388. The predicted molar refractivity (Wildman–Crippen MR) is 76.6 cm³/mol. The third-order valence-electron chi connectivity index (χ3n) is 4.47. The molecule has 0 bridgehead atoms. The number of ether oxygens (including phenoxy) is 3. The van der Waals surface area contributed by atoms with Crippen LogP contribution in [0, 0.1) is 0 Å². The van der Waals surface area contributed by atoms with Crippen LogP contribution in [0.4, 0.5) is 5.95 Å². The highest BCUT2D eigenvalue weighted by atomic mass is 16.6. The first-order valence-electron chi connectivity index (χ1n) is 7.23. The Bertz CT molecular complexity index is 746. The van der Waals surface area contributed by atoms with Crippen molar-refractivity contribution >= 4 is 17.1 Å². The van der Waals surface area contributed by atoms with Crippen LogP contribution < -0.4 is 10.5 Å². The first kappa shape index (κ1) is 14.6. The molecular formula is C13H17N5O5. The van der Waals surface area contributed by atoms with Crippen LogP contribution in [0.3, 0.4) is 0 Å². The van der Waals surface area contributed by atoms with Crippen molar-refractivity contribution < 1.29 is 24.4 Å². The van der Waals surface area contributed by atoms with Crippen molar-refractivity contribution in [1.82, 2.24) is 19.5 Å². The van der Waals surface area contributed by atoms with Crippen LogP contribution in [0.15, 0.2) is 6.33 Å². The fourth-order valence-electron chi connectivity index (χ4n) is 3.25. The Morgan fingerprint density at radius 1 is 1.52 bits per heavy atom. The van der Waals surface area contributed by atoms with Crippen LogP contribution in [-0.4, -0.2) is 67.9 Å². The molecule has 0 aromatic carbocycles. The van der Waals surface area contributed by atoms with Crippen molar-refractivity contribution in [3.05, 3.63) is 6.33 Å². The summed E-state index contributed by atoms with van der Waals surface area (Å²) >= 11 is 0. The topological polar surface area (TPSA) is 138 Å². The summed E-state index contributed by atoms with van der Waals surface area (Å²) in [5, 5.41) is 19.8. The largest absolute Gasteiger partial charge is 0.479 e. The second kappa shape index (κ2) is 4.99. The molecule has 23 heavy (non-hydrogen) atoms. The van der Waals surface area contributed by atoms with Gasteiger partial charge in [0, 0.05) is 6.42 Å². The molecule has 1 unspecified atom stereocenters. The summed E-state index contributed by atoms with van der Waals surface area (Å²) in [6.07, 6.45) is -0.231. The van der Waals surface area contributed by atoms with Gasteiger partial charge in [-0.15, -0.1) is 0 Å². The number of anilines is 1. The van der Waals surface area contributed by atoms with Crippen molar-refractivity contribution in [3.63, 3.8) is 0 Å². The summed E-state index contributed by atoms with van der Waals surface area (Å²) in [6, 6.07) is 0. The molecule has 0 radical (unpaired) electrons. The maximum atomic E-state index is 10.4. The molecule has 2 aromatic rings. The quantitative estimate of drug-likeness (QED) is 0.637. The van der Waals surface area contributed by atoms with Crippen molar-refractivity contribution in [2.75, 3.05) is 26.1 Å². The number of methoxy groups -OCH3 is 1. The molecule has 4 N–H and O–H groups in total. The van der Waals surface area contributed by atoms with E-state index in [1.165, 1.54) is 13.4 Å². The average Bonchev–Trinajstić information content (AvgIpc) is 3.04. The number of aliphatic hydroxyl groups excluding tert-OH is 2. The molecule has 4 atom stereocenters. The lowest BCUT2D eigenvalue weighted by atomic mass is 9.86. The first-order valence-corrected chi connectivity index (χ1v) is 7.23.